The number of carbonyl (C=O) groups is 1. The Bertz CT molecular complexity index is 287. The zero-order valence-electron chi connectivity index (χ0n) is 14.9. The molecule has 0 radical (unpaired) electrons. The van der Waals surface area contributed by atoms with Crippen LogP contribution in [0.5, 0.6) is 0 Å². The van der Waals surface area contributed by atoms with Crippen molar-refractivity contribution in [2.75, 3.05) is 13.1 Å². The van der Waals surface area contributed by atoms with Gasteiger partial charge in [0, 0.05) is 6.04 Å². The maximum absolute atomic E-state index is 11.3. The van der Waals surface area contributed by atoms with Crippen molar-refractivity contribution >= 4 is 5.97 Å². The summed E-state index contributed by atoms with van der Waals surface area (Å²) in [4.78, 5) is 13.8. The number of nitrogens with zero attached hydrogens (tertiary/aromatic N) is 1. The first-order valence-corrected chi connectivity index (χ1v) is 9.64. The van der Waals surface area contributed by atoms with Crippen LogP contribution in [-0.4, -0.2) is 35.1 Å². The van der Waals surface area contributed by atoms with Crippen LogP contribution in [0.15, 0.2) is 0 Å². The lowest BCUT2D eigenvalue weighted by atomic mass is 9.86. The smallest absolute Gasteiger partial charge is 0.304 e. The van der Waals surface area contributed by atoms with E-state index in [1.165, 1.54) is 70.6 Å². The first-order chi connectivity index (χ1) is 10.7. The molecule has 1 N–H and O–H groups in total. The number of unbranched alkanes of at least 4 members (excludes halogenated alkanes) is 5. The van der Waals surface area contributed by atoms with Gasteiger partial charge in [-0.1, -0.05) is 58.8 Å². The normalized spacial score (nSPS) is 18.5. The van der Waals surface area contributed by atoms with Crippen LogP contribution in [0.2, 0.25) is 0 Å². The van der Waals surface area contributed by atoms with E-state index in [0.717, 1.165) is 13.1 Å². The molecule has 130 valence electrons. The molecule has 1 aliphatic heterocycles. The predicted molar refractivity (Wildman–Crippen MR) is 93.2 cm³/mol. The van der Waals surface area contributed by atoms with Gasteiger partial charge in [0.1, 0.15) is 0 Å². The Morgan fingerprint density at radius 2 is 1.59 bits per heavy atom. The molecule has 1 fully saturated rings. The van der Waals surface area contributed by atoms with Crippen LogP contribution in [0.25, 0.3) is 0 Å². The maximum atomic E-state index is 11.3. The molecule has 1 aliphatic rings. The quantitative estimate of drug-likeness (QED) is 0.481. The topological polar surface area (TPSA) is 40.5 Å². The molecule has 0 saturated carbocycles. The number of carboxylic acids is 1. The van der Waals surface area contributed by atoms with Crippen molar-refractivity contribution in [3.05, 3.63) is 0 Å². The molecule has 1 heterocycles. The molecule has 0 aromatic rings. The van der Waals surface area contributed by atoms with Crippen LogP contribution in [0, 0.1) is 5.92 Å². The van der Waals surface area contributed by atoms with Crippen molar-refractivity contribution in [2.24, 2.45) is 5.92 Å². The Kier molecular flexibility index (Phi) is 10.6. The molecule has 1 rings (SSSR count). The van der Waals surface area contributed by atoms with Gasteiger partial charge in [-0.25, -0.2) is 0 Å². The van der Waals surface area contributed by atoms with Gasteiger partial charge in [-0.05, 0) is 44.7 Å². The van der Waals surface area contributed by atoms with E-state index in [1.807, 2.05) is 0 Å². The summed E-state index contributed by atoms with van der Waals surface area (Å²) in [5.41, 5.74) is 0. The van der Waals surface area contributed by atoms with Crippen molar-refractivity contribution in [1.29, 1.82) is 0 Å². The number of carboxylic acid groups (broad SMARTS) is 1. The second-order valence-corrected chi connectivity index (χ2v) is 7.01. The van der Waals surface area contributed by atoms with E-state index in [2.05, 4.69) is 18.7 Å². The van der Waals surface area contributed by atoms with E-state index in [4.69, 9.17) is 0 Å². The third-order valence-corrected chi connectivity index (χ3v) is 5.13. The van der Waals surface area contributed by atoms with E-state index in [-0.39, 0.29) is 6.04 Å². The summed E-state index contributed by atoms with van der Waals surface area (Å²) in [7, 11) is 0. The SMILES string of the molecule is CCCCCCCCC(CCC)C(CC(=O)O)N1CCCC1. The van der Waals surface area contributed by atoms with Crippen molar-refractivity contribution in [3.63, 3.8) is 0 Å². The Hall–Kier alpha value is -0.570. The molecule has 0 amide bonds. The fourth-order valence-corrected chi connectivity index (χ4v) is 3.93. The van der Waals surface area contributed by atoms with Crippen molar-refractivity contribution in [1.82, 2.24) is 4.90 Å². The molecule has 0 aromatic carbocycles. The van der Waals surface area contributed by atoms with Gasteiger partial charge in [0.05, 0.1) is 6.42 Å². The fourth-order valence-electron chi connectivity index (χ4n) is 3.93. The predicted octanol–water partition coefficient (Wildman–Crippen LogP) is 5.09. The summed E-state index contributed by atoms with van der Waals surface area (Å²) >= 11 is 0. The Labute approximate surface area is 137 Å². The average Bonchev–Trinajstić information content (AvgIpc) is 3.01. The highest BCUT2D eigenvalue weighted by molar-refractivity contribution is 5.67. The number of hydrogen-bond donors (Lipinski definition) is 1. The second-order valence-electron chi connectivity index (χ2n) is 7.01. The maximum Gasteiger partial charge on any atom is 0.304 e. The number of aliphatic carboxylic acids is 1. The van der Waals surface area contributed by atoms with Gasteiger partial charge >= 0.3 is 5.97 Å². The molecule has 3 nitrogen and oxygen atoms in total. The number of rotatable bonds is 13. The molecule has 0 bridgehead atoms. The Balaban J connectivity index is 2.45. The minimum atomic E-state index is -0.624. The van der Waals surface area contributed by atoms with Crippen LogP contribution >= 0.6 is 0 Å². The molecule has 2 atom stereocenters. The summed E-state index contributed by atoms with van der Waals surface area (Å²) in [6.07, 6.45) is 14.3. The van der Waals surface area contributed by atoms with Gasteiger partial charge in [0.15, 0.2) is 0 Å². The third-order valence-electron chi connectivity index (χ3n) is 5.13. The van der Waals surface area contributed by atoms with Gasteiger partial charge in [0.25, 0.3) is 0 Å². The zero-order valence-corrected chi connectivity index (χ0v) is 14.9. The Morgan fingerprint density at radius 3 is 2.18 bits per heavy atom. The van der Waals surface area contributed by atoms with Crippen LogP contribution in [-0.2, 0) is 4.79 Å². The molecule has 22 heavy (non-hydrogen) atoms. The van der Waals surface area contributed by atoms with Crippen LogP contribution < -0.4 is 0 Å². The van der Waals surface area contributed by atoms with Crippen LogP contribution in [0.3, 0.4) is 0 Å². The highest BCUT2D eigenvalue weighted by Crippen LogP contribution is 2.28. The highest BCUT2D eigenvalue weighted by Gasteiger charge is 2.30. The lowest BCUT2D eigenvalue weighted by molar-refractivity contribution is -0.139. The van der Waals surface area contributed by atoms with Crippen LogP contribution in [0.4, 0.5) is 0 Å². The minimum absolute atomic E-state index is 0.274. The molecule has 2 unspecified atom stereocenters. The monoisotopic (exact) mass is 311 g/mol. The van der Waals surface area contributed by atoms with Gasteiger partial charge in [-0.15, -0.1) is 0 Å². The van der Waals surface area contributed by atoms with Gasteiger partial charge < -0.3 is 5.11 Å². The van der Waals surface area contributed by atoms with Gasteiger partial charge in [-0.2, -0.15) is 0 Å². The van der Waals surface area contributed by atoms with E-state index in [9.17, 15) is 9.90 Å². The van der Waals surface area contributed by atoms with Gasteiger partial charge in [-0.3, -0.25) is 9.69 Å². The molecule has 0 aliphatic carbocycles. The molecular weight excluding hydrogens is 274 g/mol. The average molecular weight is 312 g/mol. The molecule has 3 heteroatoms. The van der Waals surface area contributed by atoms with E-state index in [0.29, 0.717) is 12.3 Å². The van der Waals surface area contributed by atoms with Crippen molar-refractivity contribution in [3.8, 4) is 0 Å². The molecule has 0 spiro atoms. The van der Waals surface area contributed by atoms with E-state index in [1.54, 1.807) is 0 Å². The standard InChI is InChI=1S/C19H37NO2/c1-3-5-6-7-8-9-13-17(12-4-2)18(16-19(21)22)20-14-10-11-15-20/h17-18H,3-16H2,1-2H3,(H,21,22). The fraction of sp³-hybridized carbons (Fsp3) is 0.947. The van der Waals surface area contributed by atoms with Crippen molar-refractivity contribution in [2.45, 2.75) is 96.9 Å². The lowest BCUT2D eigenvalue weighted by Gasteiger charge is -2.33. The molecule has 0 aromatic heterocycles. The number of likely N-dealkylation sites (tertiary alicyclic amines) is 1. The van der Waals surface area contributed by atoms with Crippen LogP contribution in [0.1, 0.15) is 90.9 Å². The lowest BCUT2D eigenvalue weighted by Crippen LogP contribution is -2.40. The first-order valence-electron chi connectivity index (χ1n) is 9.64. The Morgan fingerprint density at radius 1 is 0.955 bits per heavy atom. The molecular formula is C19H37NO2. The summed E-state index contributed by atoms with van der Waals surface area (Å²) in [5, 5.41) is 9.30. The zero-order chi connectivity index (χ0) is 16.2. The summed E-state index contributed by atoms with van der Waals surface area (Å²) in [5.74, 6) is -0.0497. The van der Waals surface area contributed by atoms with E-state index < -0.39 is 5.97 Å². The second kappa shape index (κ2) is 11.9. The summed E-state index contributed by atoms with van der Waals surface area (Å²) in [6.45, 7) is 6.70. The van der Waals surface area contributed by atoms with Crippen molar-refractivity contribution < 1.29 is 9.90 Å². The van der Waals surface area contributed by atoms with E-state index >= 15 is 0 Å². The number of hydrogen-bond acceptors (Lipinski definition) is 2. The van der Waals surface area contributed by atoms with Gasteiger partial charge in [0.2, 0.25) is 0 Å². The minimum Gasteiger partial charge on any atom is -0.481 e. The third kappa shape index (κ3) is 7.62. The summed E-state index contributed by atoms with van der Waals surface area (Å²) < 4.78 is 0. The largest absolute Gasteiger partial charge is 0.481 e. The molecule has 1 saturated heterocycles. The highest BCUT2D eigenvalue weighted by atomic mass is 16.4. The first kappa shape index (κ1) is 19.5. The summed E-state index contributed by atoms with van der Waals surface area (Å²) in [6, 6.07) is 0.274.